The molecule has 150 valence electrons. The smallest absolute Gasteiger partial charge is 0.123 e. The van der Waals surface area contributed by atoms with Crippen molar-refractivity contribution in [3.05, 3.63) is 48.0 Å². The van der Waals surface area contributed by atoms with E-state index in [9.17, 15) is 13.9 Å². The van der Waals surface area contributed by atoms with E-state index in [1.165, 1.54) is 24.3 Å². The lowest BCUT2D eigenvalue weighted by Gasteiger charge is -2.36. The van der Waals surface area contributed by atoms with E-state index in [1.54, 1.807) is 24.3 Å². The maximum atomic E-state index is 13.8. The first kappa shape index (κ1) is 19.6. The number of aliphatic hydroxyl groups is 1. The summed E-state index contributed by atoms with van der Waals surface area (Å²) in [5.41, 5.74) is 1.60. The van der Waals surface area contributed by atoms with Crippen molar-refractivity contribution in [2.45, 2.75) is 39.0 Å². The molecule has 0 amide bonds. The lowest BCUT2D eigenvalue weighted by Crippen LogP contribution is -2.41. The zero-order valence-electron chi connectivity index (χ0n) is 16.1. The SMILES string of the molecule is CC(C)N1CCCN(CC(O)Cn2c3ccc(F)cc3c3cc(F)ccc32)S1. The Hall–Kier alpha value is -1.67. The van der Waals surface area contributed by atoms with E-state index in [0.29, 0.717) is 29.9 Å². The van der Waals surface area contributed by atoms with Crippen molar-refractivity contribution < 1.29 is 13.9 Å². The highest BCUT2D eigenvalue weighted by Gasteiger charge is 2.23. The Kier molecular flexibility index (Phi) is 5.60. The van der Waals surface area contributed by atoms with Crippen molar-refractivity contribution in [1.82, 2.24) is 13.2 Å². The molecule has 7 heteroatoms. The van der Waals surface area contributed by atoms with Crippen LogP contribution in [0.4, 0.5) is 8.78 Å². The van der Waals surface area contributed by atoms with Gasteiger partial charge in [-0.3, -0.25) is 0 Å². The topological polar surface area (TPSA) is 31.6 Å². The molecule has 2 heterocycles. The second kappa shape index (κ2) is 7.99. The van der Waals surface area contributed by atoms with E-state index in [-0.39, 0.29) is 11.6 Å². The minimum atomic E-state index is -0.589. The van der Waals surface area contributed by atoms with E-state index in [0.717, 1.165) is 30.5 Å². The molecule has 4 nitrogen and oxygen atoms in total. The summed E-state index contributed by atoms with van der Waals surface area (Å²) in [7, 11) is 0. The lowest BCUT2D eigenvalue weighted by molar-refractivity contribution is 0.127. The summed E-state index contributed by atoms with van der Waals surface area (Å²) in [6.07, 6.45) is 0.486. The number of nitrogens with zero attached hydrogens (tertiary/aromatic N) is 3. The second-order valence-electron chi connectivity index (χ2n) is 7.64. The zero-order valence-corrected chi connectivity index (χ0v) is 16.9. The van der Waals surface area contributed by atoms with Crippen LogP contribution in [-0.2, 0) is 6.54 Å². The highest BCUT2D eigenvalue weighted by Crippen LogP contribution is 2.31. The van der Waals surface area contributed by atoms with Gasteiger partial charge in [-0.1, -0.05) is 0 Å². The molecule has 0 spiro atoms. The van der Waals surface area contributed by atoms with Gasteiger partial charge in [0.15, 0.2) is 0 Å². The third kappa shape index (κ3) is 3.89. The van der Waals surface area contributed by atoms with Crippen molar-refractivity contribution >= 4 is 33.9 Å². The van der Waals surface area contributed by atoms with Crippen LogP contribution in [-0.4, -0.2) is 50.1 Å². The van der Waals surface area contributed by atoms with Gasteiger partial charge >= 0.3 is 0 Å². The third-order valence-electron chi connectivity index (χ3n) is 5.18. The van der Waals surface area contributed by atoms with Crippen LogP contribution in [0.5, 0.6) is 0 Å². The molecule has 1 atom stereocenters. The van der Waals surface area contributed by atoms with E-state index >= 15 is 0 Å². The number of aliphatic hydroxyl groups excluding tert-OH is 1. The molecule has 1 unspecified atom stereocenters. The van der Waals surface area contributed by atoms with Gasteiger partial charge in [0, 0.05) is 59.6 Å². The Morgan fingerprint density at radius 1 is 0.964 bits per heavy atom. The predicted molar refractivity (Wildman–Crippen MR) is 111 cm³/mol. The number of β-amino-alcohol motifs (C(OH)–C–C–N with tert-alkyl or cyclic N) is 1. The zero-order chi connectivity index (χ0) is 19.8. The summed E-state index contributed by atoms with van der Waals surface area (Å²) in [6, 6.07) is 9.52. The molecule has 0 radical (unpaired) electrons. The predicted octanol–water partition coefficient (Wildman–Crippen LogP) is 4.41. The first-order valence-electron chi connectivity index (χ1n) is 9.67. The Balaban J connectivity index is 1.60. The average Bonchev–Trinajstić information content (AvgIpc) is 2.94. The Bertz CT molecular complexity index is 931. The minimum Gasteiger partial charge on any atom is -0.390 e. The van der Waals surface area contributed by atoms with Crippen LogP contribution < -0.4 is 0 Å². The fourth-order valence-corrected chi connectivity index (χ4v) is 5.00. The number of benzene rings is 2. The van der Waals surface area contributed by atoms with Crippen LogP contribution >= 0.6 is 12.1 Å². The Morgan fingerprint density at radius 3 is 2.14 bits per heavy atom. The van der Waals surface area contributed by atoms with Crippen LogP contribution in [0.25, 0.3) is 21.8 Å². The summed E-state index contributed by atoms with van der Waals surface area (Å²) in [4.78, 5) is 0. The first-order valence-corrected chi connectivity index (χ1v) is 10.4. The molecule has 3 aromatic rings. The molecule has 1 saturated heterocycles. The highest BCUT2D eigenvalue weighted by molar-refractivity contribution is 7.94. The van der Waals surface area contributed by atoms with Gasteiger partial charge in [-0.15, -0.1) is 0 Å². The summed E-state index contributed by atoms with van der Waals surface area (Å²) < 4.78 is 34.0. The molecule has 0 aliphatic carbocycles. The molecule has 0 bridgehead atoms. The van der Waals surface area contributed by atoms with Gasteiger partial charge in [-0.2, -0.15) is 0 Å². The van der Waals surface area contributed by atoms with Crippen LogP contribution in [0, 0.1) is 11.6 Å². The normalized spacial score (nSPS) is 17.8. The monoisotopic (exact) mass is 405 g/mol. The van der Waals surface area contributed by atoms with Crippen molar-refractivity contribution in [3.8, 4) is 0 Å². The Morgan fingerprint density at radius 2 is 1.57 bits per heavy atom. The molecular formula is C21H25F2N3OS. The molecule has 1 fully saturated rings. The molecular weight excluding hydrogens is 380 g/mol. The first-order chi connectivity index (χ1) is 13.4. The van der Waals surface area contributed by atoms with Crippen molar-refractivity contribution in [1.29, 1.82) is 0 Å². The fourth-order valence-electron chi connectivity index (χ4n) is 3.86. The fraction of sp³-hybridized carbons (Fsp3) is 0.429. The van der Waals surface area contributed by atoms with Crippen LogP contribution in [0.1, 0.15) is 20.3 Å². The molecule has 28 heavy (non-hydrogen) atoms. The molecule has 1 aromatic heterocycles. The molecule has 1 N–H and O–H groups in total. The molecule has 0 saturated carbocycles. The number of rotatable bonds is 5. The van der Waals surface area contributed by atoms with Gasteiger partial charge in [-0.05, 0) is 56.7 Å². The number of fused-ring (bicyclic) bond motifs is 3. The quantitative estimate of drug-likeness (QED) is 0.637. The average molecular weight is 406 g/mol. The van der Waals surface area contributed by atoms with Crippen molar-refractivity contribution in [2.24, 2.45) is 0 Å². The second-order valence-corrected chi connectivity index (χ2v) is 8.79. The maximum absolute atomic E-state index is 13.8. The highest BCUT2D eigenvalue weighted by atomic mass is 32.2. The van der Waals surface area contributed by atoms with E-state index < -0.39 is 6.10 Å². The molecule has 1 aliphatic heterocycles. The molecule has 2 aromatic carbocycles. The standard InChI is InChI=1S/C21H25F2N3OS/c1-14(2)26-9-3-8-24(28-26)12-17(27)13-25-20-6-4-15(22)10-18(20)19-11-16(23)5-7-21(19)25/h4-7,10-11,14,17,27H,3,8-9,12-13H2,1-2H3. The van der Waals surface area contributed by atoms with Gasteiger partial charge in [0.25, 0.3) is 0 Å². The van der Waals surface area contributed by atoms with Crippen LogP contribution in [0.3, 0.4) is 0 Å². The van der Waals surface area contributed by atoms with E-state index in [2.05, 4.69) is 22.5 Å². The summed E-state index contributed by atoms with van der Waals surface area (Å²) in [5, 5.41) is 12.1. The van der Waals surface area contributed by atoms with E-state index in [1.807, 2.05) is 4.57 Å². The van der Waals surface area contributed by atoms with Crippen LogP contribution in [0.2, 0.25) is 0 Å². The number of aromatic nitrogens is 1. The molecule has 4 rings (SSSR count). The minimum absolute atomic E-state index is 0.352. The number of hydrogen-bond acceptors (Lipinski definition) is 4. The van der Waals surface area contributed by atoms with Crippen LogP contribution in [0.15, 0.2) is 36.4 Å². The lowest BCUT2D eigenvalue weighted by atomic mass is 10.1. The molecule has 1 aliphatic rings. The number of hydrogen-bond donors (Lipinski definition) is 1. The van der Waals surface area contributed by atoms with Gasteiger partial charge in [0.2, 0.25) is 0 Å². The van der Waals surface area contributed by atoms with Gasteiger partial charge in [0.05, 0.1) is 12.6 Å². The van der Waals surface area contributed by atoms with Gasteiger partial charge in [-0.25, -0.2) is 17.4 Å². The van der Waals surface area contributed by atoms with Gasteiger partial charge in [0.1, 0.15) is 11.6 Å². The van der Waals surface area contributed by atoms with Crippen molar-refractivity contribution in [3.63, 3.8) is 0 Å². The van der Waals surface area contributed by atoms with E-state index in [4.69, 9.17) is 0 Å². The van der Waals surface area contributed by atoms with Crippen molar-refractivity contribution in [2.75, 3.05) is 19.6 Å². The third-order valence-corrected chi connectivity index (χ3v) is 6.56. The number of halogens is 2. The maximum Gasteiger partial charge on any atom is 0.123 e. The summed E-state index contributed by atoms with van der Waals surface area (Å²) in [5.74, 6) is -0.704. The Labute approximate surface area is 168 Å². The summed E-state index contributed by atoms with van der Waals surface area (Å²) >= 11 is 1.69. The summed E-state index contributed by atoms with van der Waals surface area (Å²) in [6.45, 7) is 7.24. The van der Waals surface area contributed by atoms with Gasteiger partial charge < -0.3 is 9.67 Å². The largest absolute Gasteiger partial charge is 0.390 e.